The molecule has 3 rings (SSSR count). The van der Waals surface area contributed by atoms with Crippen molar-refractivity contribution in [2.24, 2.45) is 0 Å². The molecule has 0 unspecified atom stereocenters. The third-order valence-electron chi connectivity index (χ3n) is 4.06. The second-order valence-electron chi connectivity index (χ2n) is 5.04. The summed E-state index contributed by atoms with van der Waals surface area (Å²) in [5, 5.41) is 14.0. The highest BCUT2D eigenvalue weighted by Crippen LogP contribution is 2.41. The van der Waals surface area contributed by atoms with Crippen LogP contribution >= 0.6 is 0 Å². The van der Waals surface area contributed by atoms with Gasteiger partial charge in [-0.05, 0) is 25.0 Å². The lowest BCUT2D eigenvalue weighted by molar-refractivity contribution is -0.145. The number of aromatic nitrogens is 2. The van der Waals surface area contributed by atoms with Gasteiger partial charge in [0, 0.05) is 11.8 Å². The van der Waals surface area contributed by atoms with Crippen LogP contribution in [0.4, 0.5) is 0 Å². The Bertz CT molecular complexity index is 582. The number of fused-ring (bicyclic) bond motifs is 1. The molecule has 94 valence electrons. The van der Waals surface area contributed by atoms with Gasteiger partial charge >= 0.3 is 5.97 Å². The first-order valence-electron chi connectivity index (χ1n) is 6.40. The van der Waals surface area contributed by atoms with Gasteiger partial charge in [0.1, 0.15) is 0 Å². The maximum absolute atomic E-state index is 11.8. The summed E-state index contributed by atoms with van der Waals surface area (Å²) in [5.41, 5.74) is 1.05. The Kier molecular flexibility index (Phi) is 2.58. The van der Waals surface area contributed by atoms with Gasteiger partial charge < -0.3 is 5.11 Å². The van der Waals surface area contributed by atoms with E-state index in [9.17, 15) is 9.90 Å². The number of nitrogens with zero attached hydrogens (tertiary/aromatic N) is 2. The maximum Gasteiger partial charge on any atom is 0.314 e. The molecule has 1 N–H and O–H groups in total. The van der Waals surface area contributed by atoms with E-state index in [4.69, 9.17) is 0 Å². The van der Waals surface area contributed by atoms with E-state index in [1.165, 1.54) is 0 Å². The number of aliphatic carboxylic acids is 1. The van der Waals surface area contributed by atoms with E-state index in [0.29, 0.717) is 0 Å². The van der Waals surface area contributed by atoms with Crippen molar-refractivity contribution in [3.05, 3.63) is 36.2 Å². The van der Waals surface area contributed by atoms with Crippen molar-refractivity contribution in [2.75, 3.05) is 0 Å². The monoisotopic (exact) mass is 244 g/mol. The van der Waals surface area contributed by atoms with Crippen LogP contribution in [0.3, 0.4) is 0 Å². The van der Waals surface area contributed by atoms with Crippen molar-refractivity contribution < 1.29 is 9.90 Å². The van der Waals surface area contributed by atoms with E-state index in [1.807, 2.05) is 24.4 Å². The Balaban J connectivity index is 2.18. The van der Waals surface area contributed by atoms with E-state index in [0.717, 1.165) is 43.2 Å². The third-order valence-corrected chi connectivity index (χ3v) is 4.06. The Labute approximate surface area is 105 Å². The number of hydrogen-bond donors (Lipinski definition) is 1. The molecule has 0 amide bonds. The van der Waals surface area contributed by atoms with Crippen LogP contribution in [0.2, 0.25) is 0 Å². The highest BCUT2D eigenvalue weighted by atomic mass is 16.4. The van der Waals surface area contributed by atoms with Gasteiger partial charge in [-0.25, -0.2) is 4.52 Å². The molecule has 2 heterocycles. The molecule has 1 aliphatic carbocycles. The smallest absolute Gasteiger partial charge is 0.314 e. The quantitative estimate of drug-likeness (QED) is 0.883. The predicted molar refractivity (Wildman–Crippen MR) is 67.6 cm³/mol. The molecule has 1 aliphatic rings. The van der Waals surface area contributed by atoms with Crippen LogP contribution in [0.15, 0.2) is 30.6 Å². The zero-order chi connectivity index (χ0) is 12.6. The first-order chi connectivity index (χ1) is 8.74. The number of carboxylic acid groups (broad SMARTS) is 1. The minimum absolute atomic E-state index is 0.707. The molecule has 0 aromatic carbocycles. The van der Waals surface area contributed by atoms with Crippen molar-refractivity contribution in [3.63, 3.8) is 0 Å². The molecule has 0 spiro atoms. The molecule has 0 saturated heterocycles. The number of pyridine rings is 1. The topological polar surface area (TPSA) is 54.6 Å². The van der Waals surface area contributed by atoms with E-state index < -0.39 is 11.4 Å². The molecular weight excluding hydrogens is 228 g/mol. The third kappa shape index (κ3) is 1.52. The fourth-order valence-electron chi connectivity index (χ4n) is 3.06. The fourth-order valence-corrected chi connectivity index (χ4v) is 3.06. The van der Waals surface area contributed by atoms with Gasteiger partial charge in [0.25, 0.3) is 0 Å². The van der Waals surface area contributed by atoms with Crippen LogP contribution in [-0.4, -0.2) is 20.7 Å². The van der Waals surface area contributed by atoms with Crippen LogP contribution in [0.1, 0.15) is 37.7 Å². The molecule has 4 heteroatoms. The molecular formula is C14H16N2O2. The standard InChI is InChI=1S/C14H16N2O2/c17-13(18)14(7-3-1-4-8-14)11-10-15-16-9-5-2-6-12(11)16/h2,5-6,9-10H,1,3-4,7-8H2,(H,17,18). The number of rotatable bonds is 2. The van der Waals surface area contributed by atoms with Gasteiger partial charge in [0.15, 0.2) is 0 Å². The molecule has 2 aromatic rings. The predicted octanol–water partition coefficient (Wildman–Crippen LogP) is 2.62. The lowest BCUT2D eigenvalue weighted by Gasteiger charge is -2.32. The van der Waals surface area contributed by atoms with Gasteiger partial charge in [-0.1, -0.05) is 25.3 Å². The van der Waals surface area contributed by atoms with Gasteiger partial charge in [0.2, 0.25) is 0 Å². The van der Waals surface area contributed by atoms with Gasteiger partial charge in [-0.15, -0.1) is 0 Å². The van der Waals surface area contributed by atoms with Gasteiger partial charge in [-0.3, -0.25) is 4.79 Å². The minimum atomic E-state index is -0.735. The minimum Gasteiger partial charge on any atom is -0.481 e. The lowest BCUT2D eigenvalue weighted by atomic mass is 9.70. The van der Waals surface area contributed by atoms with Crippen LogP contribution in [0, 0.1) is 0 Å². The van der Waals surface area contributed by atoms with Crippen LogP contribution in [-0.2, 0) is 10.2 Å². The molecule has 2 aromatic heterocycles. The number of hydrogen-bond acceptors (Lipinski definition) is 2. The van der Waals surface area contributed by atoms with Crippen molar-refractivity contribution in [1.82, 2.24) is 9.61 Å². The highest BCUT2D eigenvalue weighted by molar-refractivity contribution is 5.84. The van der Waals surface area contributed by atoms with Crippen molar-refractivity contribution in [1.29, 1.82) is 0 Å². The summed E-state index contributed by atoms with van der Waals surface area (Å²) in [6, 6.07) is 5.78. The zero-order valence-corrected chi connectivity index (χ0v) is 10.2. The number of carboxylic acids is 1. The molecule has 18 heavy (non-hydrogen) atoms. The van der Waals surface area contributed by atoms with E-state index >= 15 is 0 Å². The maximum atomic E-state index is 11.8. The van der Waals surface area contributed by atoms with E-state index in [2.05, 4.69) is 5.10 Å². The largest absolute Gasteiger partial charge is 0.481 e. The van der Waals surface area contributed by atoms with E-state index in [-0.39, 0.29) is 0 Å². The first-order valence-corrected chi connectivity index (χ1v) is 6.40. The molecule has 0 radical (unpaired) electrons. The summed E-state index contributed by atoms with van der Waals surface area (Å²) in [5.74, 6) is -0.707. The SMILES string of the molecule is O=C(O)C1(c2cnn3ccccc23)CCCCC1. The van der Waals surface area contributed by atoms with Gasteiger partial charge in [-0.2, -0.15) is 5.10 Å². The lowest BCUT2D eigenvalue weighted by Crippen LogP contribution is -2.37. The average molecular weight is 244 g/mol. The average Bonchev–Trinajstić information content (AvgIpc) is 2.83. The molecule has 0 aliphatic heterocycles. The Hall–Kier alpha value is -1.84. The molecule has 4 nitrogen and oxygen atoms in total. The fraction of sp³-hybridized carbons (Fsp3) is 0.429. The van der Waals surface area contributed by atoms with Crippen molar-refractivity contribution in [2.45, 2.75) is 37.5 Å². The second-order valence-corrected chi connectivity index (χ2v) is 5.04. The Morgan fingerprint density at radius 3 is 2.78 bits per heavy atom. The highest BCUT2D eigenvalue weighted by Gasteiger charge is 2.43. The van der Waals surface area contributed by atoms with Crippen LogP contribution in [0.25, 0.3) is 5.52 Å². The molecule has 1 saturated carbocycles. The normalized spacial score (nSPS) is 18.9. The van der Waals surface area contributed by atoms with Crippen molar-refractivity contribution in [3.8, 4) is 0 Å². The summed E-state index contributed by atoms with van der Waals surface area (Å²) in [6.45, 7) is 0. The summed E-state index contributed by atoms with van der Waals surface area (Å²) in [6.07, 6.45) is 8.13. The van der Waals surface area contributed by atoms with Crippen LogP contribution in [0.5, 0.6) is 0 Å². The Morgan fingerprint density at radius 2 is 2.06 bits per heavy atom. The van der Waals surface area contributed by atoms with Gasteiger partial charge in [0.05, 0.1) is 17.1 Å². The molecule has 0 bridgehead atoms. The first kappa shape index (κ1) is 11.3. The summed E-state index contributed by atoms with van der Waals surface area (Å²) in [4.78, 5) is 11.8. The number of carbonyl (C=O) groups is 1. The summed E-state index contributed by atoms with van der Waals surface area (Å²) in [7, 11) is 0. The van der Waals surface area contributed by atoms with Crippen LogP contribution < -0.4 is 0 Å². The second kappa shape index (κ2) is 4.12. The van der Waals surface area contributed by atoms with E-state index in [1.54, 1.807) is 10.7 Å². The zero-order valence-electron chi connectivity index (χ0n) is 10.2. The molecule has 0 atom stereocenters. The summed E-state index contributed by atoms with van der Waals surface area (Å²) < 4.78 is 1.76. The van der Waals surface area contributed by atoms with Crippen molar-refractivity contribution >= 4 is 11.5 Å². The Morgan fingerprint density at radius 1 is 1.28 bits per heavy atom. The molecule has 1 fully saturated rings. The summed E-state index contributed by atoms with van der Waals surface area (Å²) >= 11 is 0.